The van der Waals surface area contributed by atoms with Crippen LogP contribution < -0.4 is 14.8 Å². The van der Waals surface area contributed by atoms with Crippen molar-refractivity contribution in [2.24, 2.45) is 0 Å². The number of hydrogen-bond acceptors (Lipinski definition) is 4. The van der Waals surface area contributed by atoms with Gasteiger partial charge in [0.1, 0.15) is 13.2 Å². The fourth-order valence-corrected chi connectivity index (χ4v) is 4.14. The lowest BCUT2D eigenvalue weighted by Crippen LogP contribution is -2.18. The van der Waals surface area contributed by atoms with Crippen molar-refractivity contribution in [1.82, 2.24) is 9.55 Å². The van der Waals surface area contributed by atoms with Gasteiger partial charge in [0.2, 0.25) is 5.91 Å². The van der Waals surface area contributed by atoms with E-state index in [0.717, 1.165) is 30.8 Å². The molecule has 1 N–H and O–H groups in total. The van der Waals surface area contributed by atoms with Gasteiger partial charge in [0.15, 0.2) is 11.5 Å². The molecule has 0 saturated heterocycles. The smallest absolute Gasteiger partial charge is 0.224 e. The predicted octanol–water partition coefficient (Wildman–Crippen LogP) is 5.54. The quantitative estimate of drug-likeness (QED) is 0.492. The maximum atomic E-state index is 13.0. The number of hydrogen-bond donors (Lipinski definition) is 1. The third kappa shape index (κ3) is 6.15. The van der Waals surface area contributed by atoms with Crippen molar-refractivity contribution in [3.63, 3.8) is 0 Å². The minimum absolute atomic E-state index is 0.000735. The van der Waals surface area contributed by atoms with E-state index >= 15 is 0 Å². The first-order valence-corrected chi connectivity index (χ1v) is 11.6. The Balaban J connectivity index is 1.44. The second-order valence-electron chi connectivity index (χ2n) is 9.62. The Hall–Kier alpha value is -3.28. The summed E-state index contributed by atoms with van der Waals surface area (Å²) < 4.78 is 13.3. The highest BCUT2D eigenvalue weighted by molar-refractivity contribution is 5.91. The summed E-state index contributed by atoms with van der Waals surface area (Å²) in [7, 11) is 0. The largest absolute Gasteiger partial charge is 0.486 e. The third-order valence-electron chi connectivity index (χ3n) is 6.03. The molecule has 0 spiro atoms. The van der Waals surface area contributed by atoms with E-state index in [2.05, 4.69) is 59.9 Å². The molecule has 33 heavy (non-hydrogen) atoms. The molecule has 174 valence electrons. The van der Waals surface area contributed by atoms with Gasteiger partial charge in [-0.1, -0.05) is 45.0 Å². The maximum Gasteiger partial charge on any atom is 0.224 e. The number of rotatable bonds is 8. The second-order valence-corrected chi connectivity index (χ2v) is 9.62. The number of carbonyl (C=O) groups excluding carboxylic acids is 1. The topological polar surface area (TPSA) is 65.4 Å². The lowest BCUT2D eigenvalue weighted by atomic mass is 9.84. The number of anilines is 1. The normalized spacial score (nSPS) is 14.0. The summed E-state index contributed by atoms with van der Waals surface area (Å²) in [4.78, 5) is 17.1. The number of carbonyl (C=O) groups is 1. The van der Waals surface area contributed by atoms with Crippen molar-refractivity contribution in [3.05, 3.63) is 72.3 Å². The number of aryl methyl sites for hydroxylation is 1. The molecule has 0 bridgehead atoms. The van der Waals surface area contributed by atoms with Crippen LogP contribution in [0.1, 0.15) is 57.1 Å². The molecular formula is C27H33N3O3. The first-order valence-electron chi connectivity index (χ1n) is 11.6. The van der Waals surface area contributed by atoms with Gasteiger partial charge in [0.25, 0.3) is 0 Å². The van der Waals surface area contributed by atoms with Gasteiger partial charge >= 0.3 is 0 Å². The van der Waals surface area contributed by atoms with Crippen molar-refractivity contribution in [2.75, 3.05) is 18.5 Å². The summed E-state index contributed by atoms with van der Waals surface area (Å²) in [5, 5.41) is 3.04. The molecule has 0 aliphatic carbocycles. The Bertz CT molecular complexity index is 1050. The molecule has 6 heteroatoms. The van der Waals surface area contributed by atoms with E-state index in [-0.39, 0.29) is 17.2 Å². The molecule has 1 atom stereocenters. The summed E-state index contributed by atoms with van der Waals surface area (Å²) in [6.07, 6.45) is 7.92. The number of ether oxygens (including phenoxy) is 2. The Kier molecular flexibility index (Phi) is 7.02. The van der Waals surface area contributed by atoms with Crippen molar-refractivity contribution >= 4 is 11.6 Å². The number of nitrogens with zero attached hydrogens (tertiary/aromatic N) is 2. The molecule has 2 heterocycles. The number of nitrogens with one attached hydrogen (secondary N) is 1. The van der Waals surface area contributed by atoms with Crippen LogP contribution in [0.25, 0.3) is 0 Å². The van der Waals surface area contributed by atoms with Crippen LogP contribution in [0.5, 0.6) is 11.5 Å². The van der Waals surface area contributed by atoms with Crippen LogP contribution in [0.4, 0.5) is 5.69 Å². The molecule has 1 aromatic heterocycles. The van der Waals surface area contributed by atoms with Gasteiger partial charge in [0, 0.05) is 37.1 Å². The Labute approximate surface area is 195 Å². The minimum atomic E-state index is -0.000735. The van der Waals surface area contributed by atoms with E-state index < -0.39 is 0 Å². The number of imidazole rings is 1. The molecule has 0 radical (unpaired) electrons. The number of amides is 1. The van der Waals surface area contributed by atoms with E-state index in [1.807, 2.05) is 30.7 Å². The van der Waals surface area contributed by atoms with Crippen molar-refractivity contribution < 1.29 is 14.3 Å². The van der Waals surface area contributed by atoms with Gasteiger partial charge in [-0.3, -0.25) is 4.79 Å². The fourth-order valence-electron chi connectivity index (χ4n) is 4.14. The summed E-state index contributed by atoms with van der Waals surface area (Å²) in [5.74, 6) is 1.53. The monoisotopic (exact) mass is 447 g/mol. The van der Waals surface area contributed by atoms with Crippen LogP contribution in [0.15, 0.2) is 61.2 Å². The molecule has 0 saturated carbocycles. The number of benzene rings is 2. The SMILES string of the molecule is CC(C)(C)c1ccc([C@H](CCCn2ccnc2)CC(=O)Nc2ccc3c(c2)OCCO3)cc1. The van der Waals surface area contributed by atoms with E-state index in [1.165, 1.54) is 11.1 Å². The highest BCUT2D eigenvalue weighted by atomic mass is 16.6. The standard InChI is InChI=1S/C27H33N3O3/c1-27(2,3)22-8-6-20(7-9-22)21(5-4-13-30-14-12-28-19-30)17-26(31)29-23-10-11-24-25(18-23)33-16-15-32-24/h6-12,14,18-19,21H,4-5,13,15-17H2,1-3H3,(H,29,31)/t21-/m1/s1. The highest BCUT2D eigenvalue weighted by Crippen LogP contribution is 2.33. The van der Waals surface area contributed by atoms with Gasteiger partial charge in [0.05, 0.1) is 6.33 Å². The predicted molar refractivity (Wildman–Crippen MR) is 130 cm³/mol. The van der Waals surface area contributed by atoms with Crippen LogP contribution in [0.3, 0.4) is 0 Å². The van der Waals surface area contributed by atoms with E-state index in [9.17, 15) is 4.79 Å². The fraction of sp³-hybridized carbons (Fsp3) is 0.407. The lowest BCUT2D eigenvalue weighted by molar-refractivity contribution is -0.116. The highest BCUT2D eigenvalue weighted by Gasteiger charge is 2.19. The van der Waals surface area contributed by atoms with Crippen LogP contribution in [-0.2, 0) is 16.8 Å². The van der Waals surface area contributed by atoms with E-state index in [4.69, 9.17) is 9.47 Å². The first kappa shape index (κ1) is 22.9. The number of aromatic nitrogens is 2. The molecule has 3 aromatic rings. The minimum Gasteiger partial charge on any atom is -0.486 e. The summed E-state index contributed by atoms with van der Waals surface area (Å²) >= 11 is 0. The first-order chi connectivity index (χ1) is 15.9. The molecule has 4 rings (SSSR count). The molecule has 0 fully saturated rings. The molecule has 6 nitrogen and oxygen atoms in total. The zero-order valence-corrected chi connectivity index (χ0v) is 19.7. The molecular weight excluding hydrogens is 414 g/mol. The molecule has 2 aromatic carbocycles. The van der Waals surface area contributed by atoms with Crippen LogP contribution >= 0.6 is 0 Å². The zero-order chi connectivity index (χ0) is 23.3. The average Bonchev–Trinajstić information content (AvgIpc) is 3.31. The van der Waals surface area contributed by atoms with E-state index in [0.29, 0.717) is 25.4 Å². The molecule has 1 aliphatic rings. The molecule has 1 aliphatic heterocycles. The van der Waals surface area contributed by atoms with Gasteiger partial charge in [-0.05, 0) is 47.4 Å². The van der Waals surface area contributed by atoms with Crippen LogP contribution in [0, 0.1) is 0 Å². The summed E-state index contributed by atoms with van der Waals surface area (Å²) in [6, 6.07) is 14.3. The van der Waals surface area contributed by atoms with Gasteiger partial charge in [-0.25, -0.2) is 4.98 Å². The van der Waals surface area contributed by atoms with E-state index in [1.54, 1.807) is 6.20 Å². The van der Waals surface area contributed by atoms with Crippen LogP contribution in [0.2, 0.25) is 0 Å². The van der Waals surface area contributed by atoms with Gasteiger partial charge in [-0.15, -0.1) is 0 Å². The zero-order valence-electron chi connectivity index (χ0n) is 19.7. The Morgan fingerprint density at radius 2 is 1.85 bits per heavy atom. The van der Waals surface area contributed by atoms with Crippen molar-refractivity contribution in [3.8, 4) is 11.5 Å². The Morgan fingerprint density at radius 1 is 1.09 bits per heavy atom. The van der Waals surface area contributed by atoms with Crippen molar-refractivity contribution in [2.45, 2.75) is 57.9 Å². The third-order valence-corrected chi connectivity index (χ3v) is 6.03. The maximum absolute atomic E-state index is 13.0. The van der Waals surface area contributed by atoms with Gasteiger partial charge < -0.3 is 19.4 Å². The lowest BCUT2D eigenvalue weighted by Gasteiger charge is -2.22. The van der Waals surface area contributed by atoms with Crippen molar-refractivity contribution in [1.29, 1.82) is 0 Å². The second kappa shape index (κ2) is 10.1. The average molecular weight is 448 g/mol. The Morgan fingerprint density at radius 3 is 2.55 bits per heavy atom. The number of fused-ring (bicyclic) bond motifs is 1. The summed E-state index contributed by atoms with van der Waals surface area (Å²) in [6.45, 7) is 8.60. The summed E-state index contributed by atoms with van der Waals surface area (Å²) in [5.41, 5.74) is 3.32. The van der Waals surface area contributed by atoms with Crippen LogP contribution in [-0.4, -0.2) is 28.7 Å². The van der Waals surface area contributed by atoms with Gasteiger partial charge in [-0.2, -0.15) is 0 Å². The molecule has 1 amide bonds. The molecule has 0 unspecified atom stereocenters.